The summed E-state index contributed by atoms with van der Waals surface area (Å²) in [6, 6.07) is 14.6. The van der Waals surface area contributed by atoms with E-state index in [1.54, 1.807) is 24.4 Å². The fourth-order valence-electron chi connectivity index (χ4n) is 2.60. The van der Waals surface area contributed by atoms with Gasteiger partial charge in [0.15, 0.2) is 0 Å². The van der Waals surface area contributed by atoms with Crippen molar-refractivity contribution in [1.29, 1.82) is 0 Å². The molecule has 1 heterocycles. The number of nitrogens with zero attached hydrogens (tertiary/aromatic N) is 2. The van der Waals surface area contributed by atoms with Crippen molar-refractivity contribution in [3.8, 4) is 0 Å². The average Bonchev–Trinajstić information content (AvgIpc) is 2.66. The van der Waals surface area contributed by atoms with Crippen molar-refractivity contribution in [3.63, 3.8) is 0 Å². The van der Waals surface area contributed by atoms with E-state index in [0.717, 1.165) is 5.56 Å². The second-order valence-electron chi connectivity index (χ2n) is 6.72. The summed E-state index contributed by atoms with van der Waals surface area (Å²) in [5, 5.41) is 5.44. The van der Waals surface area contributed by atoms with E-state index in [-0.39, 0.29) is 43.1 Å². The fourth-order valence-corrected chi connectivity index (χ4v) is 2.60. The van der Waals surface area contributed by atoms with Gasteiger partial charge in [-0.3, -0.25) is 14.4 Å². The molecule has 0 spiro atoms. The summed E-state index contributed by atoms with van der Waals surface area (Å²) in [5.74, 6) is -0.327. The maximum absolute atomic E-state index is 12.7. The molecule has 1 aromatic carbocycles. The molecule has 2 aromatic rings. The normalized spacial score (nSPS) is 10.4. The number of carbonyl (C=O) groups excluding carboxylic acids is 3. The predicted octanol–water partition coefficient (Wildman–Crippen LogP) is 2.35. The minimum absolute atomic E-state index is 0.00896. The van der Waals surface area contributed by atoms with Crippen molar-refractivity contribution < 1.29 is 14.4 Å². The summed E-state index contributed by atoms with van der Waals surface area (Å²) >= 11 is 0. The molecule has 7 heteroatoms. The molecular weight excluding hydrogens is 356 g/mol. The molecule has 7 nitrogen and oxygen atoms in total. The van der Waals surface area contributed by atoms with Crippen LogP contribution in [0.3, 0.4) is 0 Å². The Labute approximate surface area is 165 Å². The molecule has 2 N–H and O–H groups in total. The van der Waals surface area contributed by atoms with E-state index >= 15 is 0 Å². The molecule has 0 unspecified atom stereocenters. The van der Waals surface area contributed by atoms with Crippen LogP contribution in [0, 0.1) is 0 Å². The maximum Gasteiger partial charge on any atom is 0.239 e. The van der Waals surface area contributed by atoms with Gasteiger partial charge in [-0.05, 0) is 31.5 Å². The predicted molar refractivity (Wildman–Crippen MR) is 107 cm³/mol. The standard InChI is InChI=1S/C21H26N4O3/c1-16(2)23-20(27)15-25(14-17-8-4-3-5-9-17)21(28)12-11-19(26)24-18-10-6-7-13-22-18/h3-10,13,16H,11-12,14-15H2,1-2H3,(H,23,27)(H,22,24,26). The lowest BCUT2D eigenvalue weighted by atomic mass is 10.2. The smallest absolute Gasteiger partial charge is 0.239 e. The van der Waals surface area contributed by atoms with Gasteiger partial charge in [0.25, 0.3) is 0 Å². The highest BCUT2D eigenvalue weighted by Gasteiger charge is 2.19. The summed E-state index contributed by atoms with van der Waals surface area (Å²) in [6.07, 6.45) is 1.61. The van der Waals surface area contributed by atoms with Crippen molar-refractivity contribution in [2.45, 2.75) is 39.3 Å². The Balaban J connectivity index is 1.95. The van der Waals surface area contributed by atoms with E-state index in [1.165, 1.54) is 4.90 Å². The van der Waals surface area contributed by atoms with Crippen molar-refractivity contribution in [2.75, 3.05) is 11.9 Å². The zero-order valence-electron chi connectivity index (χ0n) is 16.2. The molecule has 0 saturated heterocycles. The van der Waals surface area contributed by atoms with Crippen LogP contribution in [0.15, 0.2) is 54.7 Å². The van der Waals surface area contributed by atoms with E-state index in [0.29, 0.717) is 12.4 Å². The van der Waals surface area contributed by atoms with Gasteiger partial charge in [-0.25, -0.2) is 4.98 Å². The van der Waals surface area contributed by atoms with Crippen LogP contribution < -0.4 is 10.6 Å². The molecule has 0 aliphatic rings. The van der Waals surface area contributed by atoms with E-state index in [9.17, 15) is 14.4 Å². The van der Waals surface area contributed by atoms with Gasteiger partial charge in [-0.15, -0.1) is 0 Å². The van der Waals surface area contributed by atoms with Gasteiger partial charge < -0.3 is 15.5 Å². The highest BCUT2D eigenvalue weighted by molar-refractivity contribution is 5.93. The number of nitrogens with one attached hydrogen (secondary N) is 2. The van der Waals surface area contributed by atoms with E-state index in [2.05, 4.69) is 15.6 Å². The summed E-state index contributed by atoms with van der Waals surface area (Å²) in [4.78, 5) is 42.4. The number of benzene rings is 1. The number of amides is 3. The quantitative estimate of drug-likeness (QED) is 0.696. The van der Waals surface area contributed by atoms with Gasteiger partial charge >= 0.3 is 0 Å². The van der Waals surface area contributed by atoms with Crippen LogP contribution in [0.2, 0.25) is 0 Å². The largest absolute Gasteiger partial charge is 0.352 e. The lowest BCUT2D eigenvalue weighted by Gasteiger charge is -2.23. The highest BCUT2D eigenvalue weighted by Crippen LogP contribution is 2.08. The number of hydrogen-bond acceptors (Lipinski definition) is 4. The number of aromatic nitrogens is 1. The van der Waals surface area contributed by atoms with Crippen LogP contribution in [-0.4, -0.2) is 40.2 Å². The first kappa shape index (κ1) is 21.1. The minimum Gasteiger partial charge on any atom is -0.352 e. The lowest BCUT2D eigenvalue weighted by Crippen LogP contribution is -2.42. The van der Waals surface area contributed by atoms with E-state index in [4.69, 9.17) is 0 Å². The Kier molecular flexibility index (Phi) is 8.14. The summed E-state index contributed by atoms with van der Waals surface area (Å²) < 4.78 is 0. The first-order chi connectivity index (χ1) is 13.4. The molecule has 1 aromatic heterocycles. The monoisotopic (exact) mass is 382 g/mol. The van der Waals surface area contributed by atoms with Gasteiger partial charge in [0, 0.05) is 31.6 Å². The van der Waals surface area contributed by atoms with Crippen LogP contribution in [0.1, 0.15) is 32.3 Å². The average molecular weight is 382 g/mol. The summed E-state index contributed by atoms with van der Waals surface area (Å²) in [6.45, 7) is 3.99. The first-order valence-corrected chi connectivity index (χ1v) is 9.26. The Bertz CT molecular complexity index is 779. The van der Waals surface area contributed by atoms with Crippen LogP contribution in [0.5, 0.6) is 0 Å². The zero-order chi connectivity index (χ0) is 20.4. The Morgan fingerprint density at radius 3 is 2.32 bits per heavy atom. The number of anilines is 1. The van der Waals surface area contributed by atoms with Gasteiger partial charge in [0.1, 0.15) is 5.82 Å². The SMILES string of the molecule is CC(C)NC(=O)CN(Cc1ccccc1)C(=O)CCC(=O)Nc1ccccn1. The fraction of sp³-hybridized carbons (Fsp3) is 0.333. The van der Waals surface area contributed by atoms with Crippen molar-refractivity contribution in [2.24, 2.45) is 0 Å². The topological polar surface area (TPSA) is 91.4 Å². The Morgan fingerprint density at radius 1 is 0.964 bits per heavy atom. The third-order valence-corrected chi connectivity index (χ3v) is 3.85. The number of carbonyl (C=O) groups is 3. The third kappa shape index (κ3) is 7.57. The van der Waals surface area contributed by atoms with E-state index < -0.39 is 0 Å². The van der Waals surface area contributed by atoms with Gasteiger partial charge in [0.05, 0.1) is 6.54 Å². The highest BCUT2D eigenvalue weighted by atomic mass is 16.2. The zero-order valence-corrected chi connectivity index (χ0v) is 16.2. The number of rotatable bonds is 9. The molecule has 28 heavy (non-hydrogen) atoms. The van der Waals surface area contributed by atoms with Crippen molar-refractivity contribution >= 4 is 23.5 Å². The molecular formula is C21H26N4O3. The molecule has 2 rings (SSSR count). The molecule has 0 bridgehead atoms. The summed E-state index contributed by atoms with van der Waals surface area (Å²) in [5.41, 5.74) is 0.922. The second kappa shape index (κ2) is 10.8. The molecule has 3 amide bonds. The molecule has 0 fully saturated rings. The summed E-state index contributed by atoms with van der Waals surface area (Å²) in [7, 11) is 0. The molecule has 0 radical (unpaired) electrons. The molecule has 0 aliphatic carbocycles. The molecule has 0 aliphatic heterocycles. The minimum atomic E-state index is -0.293. The molecule has 0 saturated carbocycles. The van der Waals surface area contributed by atoms with Crippen LogP contribution >= 0.6 is 0 Å². The van der Waals surface area contributed by atoms with Crippen LogP contribution in [0.4, 0.5) is 5.82 Å². The van der Waals surface area contributed by atoms with Crippen LogP contribution in [-0.2, 0) is 20.9 Å². The van der Waals surface area contributed by atoms with Crippen molar-refractivity contribution in [1.82, 2.24) is 15.2 Å². The Hall–Kier alpha value is -3.22. The van der Waals surface area contributed by atoms with Crippen molar-refractivity contribution in [3.05, 3.63) is 60.3 Å². The third-order valence-electron chi connectivity index (χ3n) is 3.85. The number of pyridine rings is 1. The number of hydrogen-bond donors (Lipinski definition) is 2. The molecule has 148 valence electrons. The van der Waals surface area contributed by atoms with E-state index in [1.807, 2.05) is 44.2 Å². The van der Waals surface area contributed by atoms with Gasteiger partial charge in [-0.1, -0.05) is 36.4 Å². The first-order valence-electron chi connectivity index (χ1n) is 9.26. The van der Waals surface area contributed by atoms with Gasteiger partial charge in [0.2, 0.25) is 17.7 Å². The van der Waals surface area contributed by atoms with Crippen LogP contribution in [0.25, 0.3) is 0 Å². The lowest BCUT2D eigenvalue weighted by molar-refractivity contribution is -0.137. The Morgan fingerprint density at radius 2 is 1.68 bits per heavy atom. The second-order valence-corrected chi connectivity index (χ2v) is 6.72. The maximum atomic E-state index is 12.7. The van der Waals surface area contributed by atoms with Gasteiger partial charge in [-0.2, -0.15) is 0 Å². The molecule has 0 atom stereocenters.